The summed E-state index contributed by atoms with van der Waals surface area (Å²) in [5, 5.41) is 0. The molecule has 0 spiro atoms. The molecule has 0 aliphatic carbocycles. The monoisotopic (exact) mass is 382 g/mol. The molecule has 122 valence electrons. The number of rotatable bonds is 3. The molecule has 0 radical (unpaired) electrons. The number of fused-ring (bicyclic) bond motifs is 1. The van der Waals surface area contributed by atoms with Crippen LogP contribution < -0.4 is 9.80 Å². The molecule has 3 nitrogen and oxygen atoms in total. The summed E-state index contributed by atoms with van der Waals surface area (Å²) in [7, 11) is 0. The van der Waals surface area contributed by atoms with E-state index in [2.05, 4.69) is 50.5 Å². The number of anilines is 2. The maximum absolute atomic E-state index is 11.5. The predicted octanol–water partition coefficient (Wildman–Crippen LogP) is 4.51. The molecule has 2 heterocycles. The highest BCUT2D eigenvalue weighted by molar-refractivity contribution is 9.10. The van der Waals surface area contributed by atoms with E-state index in [1.807, 2.05) is 18.2 Å². The third-order valence-corrected chi connectivity index (χ3v) is 5.68. The maximum Gasteiger partial charge on any atom is 0.153 e. The number of nitrogens with zero attached hydrogens (tertiary/aromatic N) is 2. The first-order chi connectivity index (χ1) is 11.7. The van der Waals surface area contributed by atoms with Gasteiger partial charge in [0.05, 0.1) is 11.3 Å². The van der Waals surface area contributed by atoms with Gasteiger partial charge in [-0.15, -0.1) is 0 Å². The zero-order chi connectivity index (χ0) is 16.7. The van der Waals surface area contributed by atoms with E-state index >= 15 is 0 Å². The molecule has 1 saturated heterocycles. The van der Waals surface area contributed by atoms with Crippen molar-refractivity contribution in [1.82, 2.24) is 0 Å². The quantitative estimate of drug-likeness (QED) is 0.729. The Hall–Kier alpha value is -2.07. The molecular formula is C20H19BrN2O. The van der Waals surface area contributed by atoms with Crippen LogP contribution in [0, 0.1) is 0 Å². The Labute approximate surface area is 150 Å². The van der Waals surface area contributed by atoms with Gasteiger partial charge in [0.2, 0.25) is 0 Å². The number of halogens is 1. The van der Waals surface area contributed by atoms with Crippen LogP contribution in [0.25, 0.3) is 5.70 Å². The Bertz CT molecular complexity index is 826. The minimum atomic E-state index is 0.680. The summed E-state index contributed by atoms with van der Waals surface area (Å²) in [4.78, 5) is 16.1. The second kappa shape index (κ2) is 6.10. The molecule has 4 heteroatoms. The first-order valence-electron chi connectivity index (χ1n) is 8.27. The number of carbonyl (C=O) groups excluding carboxylic acids is 1. The van der Waals surface area contributed by atoms with E-state index in [-0.39, 0.29) is 0 Å². The third-order valence-electron chi connectivity index (χ3n) is 4.99. The van der Waals surface area contributed by atoms with Crippen LogP contribution in [0.15, 0.2) is 47.4 Å². The summed E-state index contributed by atoms with van der Waals surface area (Å²) in [6, 6.07) is 12.5. The molecule has 0 saturated carbocycles. The van der Waals surface area contributed by atoms with Gasteiger partial charge in [0, 0.05) is 41.1 Å². The largest absolute Gasteiger partial charge is 0.371 e. The smallest absolute Gasteiger partial charge is 0.153 e. The summed E-state index contributed by atoms with van der Waals surface area (Å²) in [5.41, 5.74) is 6.41. The van der Waals surface area contributed by atoms with Crippen molar-refractivity contribution >= 4 is 39.3 Å². The molecule has 2 aromatic carbocycles. The number of carbonyl (C=O) groups is 1. The minimum Gasteiger partial charge on any atom is -0.371 e. The van der Waals surface area contributed by atoms with Gasteiger partial charge in [0.15, 0.2) is 6.29 Å². The molecule has 2 aliphatic rings. The topological polar surface area (TPSA) is 23.6 Å². The second-order valence-electron chi connectivity index (χ2n) is 6.32. The fourth-order valence-corrected chi connectivity index (χ4v) is 3.94. The van der Waals surface area contributed by atoms with E-state index in [1.165, 1.54) is 23.2 Å². The number of hydrogen-bond donors (Lipinski definition) is 0. The van der Waals surface area contributed by atoms with Gasteiger partial charge in [-0.05, 0) is 58.6 Å². The zero-order valence-corrected chi connectivity index (χ0v) is 15.1. The van der Waals surface area contributed by atoms with E-state index in [0.717, 1.165) is 48.2 Å². The fourth-order valence-electron chi connectivity index (χ4n) is 3.50. The Morgan fingerprint density at radius 3 is 2.67 bits per heavy atom. The Balaban J connectivity index is 1.69. The van der Waals surface area contributed by atoms with Gasteiger partial charge >= 0.3 is 0 Å². The maximum atomic E-state index is 11.5. The van der Waals surface area contributed by atoms with Crippen LogP contribution in [0.2, 0.25) is 0 Å². The van der Waals surface area contributed by atoms with Crippen molar-refractivity contribution < 1.29 is 4.79 Å². The number of hydrogen-bond acceptors (Lipinski definition) is 3. The van der Waals surface area contributed by atoms with Crippen molar-refractivity contribution in [1.29, 1.82) is 0 Å². The zero-order valence-electron chi connectivity index (χ0n) is 13.5. The minimum absolute atomic E-state index is 0.680. The molecule has 0 bridgehead atoms. The van der Waals surface area contributed by atoms with Gasteiger partial charge in [-0.3, -0.25) is 4.79 Å². The first-order valence-corrected chi connectivity index (χ1v) is 9.07. The van der Waals surface area contributed by atoms with Crippen LogP contribution in [0.4, 0.5) is 11.4 Å². The number of benzene rings is 2. The Morgan fingerprint density at radius 1 is 1.12 bits per heavy atom. The van der Waals surface area contributed by atoms with Gasteiger partial charge in [-0.25, -0.2) is 0 Å². The molecule has 2 aliphatic heterocycles. The highest BCUT2D eigenvalue weighted by Gasteiger charge is 2.24. The third kappa shape index (κ3) is 2.46. The molecule has 0 unspecified atom stereocenters. The van der Waals surface area contributed by atoms with Crippen molar-refractivity contribution in [3.8, 4) is 0 Å². The van der Waals surface area contributed by atoms with Gasteiger partial charge in [0.1, 0.15) is 0 Å². The Kier molecular flexibility index (Phi) is 3.93. The summed E-state index contributed by atoms with van der Waals surface area (Å²) in [6.07, 6.45) is 3.16. The molecule has 0 atom stereocenters. The van der Waals surface area contributed by atoms with E-state index in [4.69, 9.17) is 0 Å². The lowest BCUT2D eigenvalue weighted by Crippen LogP contribution is -2.37. The van der Waals surface area contributed by atoms with Crippen LogP contribution >= 0.6 is 15.9 Å². The van der Waals surface area contributed by atoms with Gasteiger partial charge in [0.25, 0.3) is 0 Å². The SMILES string of the molecule is C=C1c2ccc(N3CCC3)cc2CCN1c1cccc(Br)c1C=O. The molecule has 4 rings (SSSR count). The van der Waals surface area contributed by atoms with Crippen molar-refractivity contribution in [3.63, 3.8) is 0 Å². The van der Waals surface area contributed by atoms with E-state index in [9.17, 15) is 4.79 Å². The summed E-state index contributed by atoms with van der Waals surface area (Å²) < 4.78 is 0.821. The van der Waals surface area contributed by atoms with Crippen molar-refractivity contribution in [2.24, 2.45) is 0 Å². The average Bonchev–Trinajstić information content (AvgIpc) is 2.53. The van der Waals surface area contributed by atoms with E-state index < -0.39 is 0 Å². The first kappa shape index (κ1) is 15.5. The van der Waals surface area contributed by atoms with Crippen molar-refractivity contribution in [2.45, 2.75) is 12.8 Å². The second-order valence-corrected chi connectivity index (χ2v) is 7.18. The summed E-state index contributed by atoms with van der Waals surface area (Å²) >= 11 is 3.47. The van der Waals surface area contributed by atoms with Crippen LogP contribution in [-0.4, -0.2) is 25.9 Å². The lowest BCUT2D eigenvalue weighted by atomic mass is 9.94. The lowest BCUT2D eigenvalue weighted by molar-refractivity contribution is 0.112. The fraction of sp³-hybridized carbons (Fsp3) is 0.250. The van der Waals surface area contributed by atoms with Crippen molar-refractivity contribution in [3.05, 3.63) is 64.1 Å². The predicted molar refractivity (Wildman–Crippen MR) is 103 cm³/mol. The van der Waals surface area contributed by atoms with Gasteiger partial charge < -0.3 is 9.80 Å². The van der Waals surface area contributed by atoms with Gasteiger partial charge in [-0.2, -0.15) is 0 Å². The highest BCUT2D eigenvalue weighted by Crippen LogP contribution is 2.37. The van der Waals surface area contributed by atoms with Crippen molar-refractivity contribution in [2.75, 3.05) is 29.4 Å². The number of aldehydes is 1. The Morgan fingerprint density at radius 2 is 1.96 bits per heavy atom. The molecule has 0 N–H and O–H groups in total. The molecule has 24 heavy (non-hydrogen) atoms. The molecule has 0 aromatic heterocycles. The summed E-state index contributed by atoms with van der Waals surface area (Å²) in [6.45, 7) is 7.47. The standard InChI is InChI=1S/C20H19BrN2O/c1-14-17-7-6-16(22-9-3-10-22)12-15(17)8-11-23(14)20-5-2-4-19(21)18(20)13-24/h2,4-7,12-13H,1,3,8-11H2. The summed E-state index contributed by atoms with van der Waals surface area (Å²) in [5.74, 6) is 0. The highest BCUT2D eigenvalue weighted by atomic mass is 79.9. The van der Waals surface area contributed by atoms with Crippen LogP contribution in [-0.2, 0) is 6.42 Å². The van der Waals surface area contributed by atoms with E-state index in [0.29, 0.717) is 5.56 Å². The molecule has 2 aromatic rings. The van der Waals surface area contributed by atoms with Crippen LogP contribution in [0.5, 0.6) is 0 Å². The van der Waals surface area contributed by atoms with E-state index in [1.54, 1.807) is 0 Å². The molecular weight excluding hydrogens is 364 g/mol. The van der Waals surface area contributed by atoms with Crippen LogP contribution in [0.3, 0.4) is 0 Å². The molecule has 1 fully saturated rings. The van der Waals surface area contributed by atoms with Gasteiger partial charge in [-0.1, -0.05) is 18.7 Å². The lowest BCUT2D eigenvalue weighted by Gasteiger charge is -2.36. The van der Waals surface area contributed by atoms with Crippen LogP contribution in [0.1, 0.15) is 27.9 Å². The normalized spacial score (nSPS) is 16.6. The molecule has 0 amide bonds. The average molecular weight is 383 g/mol.